The first-order valence-electron chi connectivity index (χ1n) is 8.30. The van der Waals surface area contributed by atoms with Crippen LogP contribution in [0.2, 0.25) is 0 Å². The lowest BCUT2D eigenvalue weighted by Gasteiger charge is -2.18. The van der Waals surface area contributed by atoms with Crippen molar-refractivity contribution in [3.63, 3.8) is 0 Å². The molecule has 0 N–H and O–H groups in total. The Bertz CT molecular complexity index is 717. The molecule has 1 aliphatic carbocycles. The number of esters is 1. The monoisotopic (exact) mass is 366 g/mol. The summed E-state index contributed by atoms with van der Waals surface area (Å²) in [5, 5.41) is 2.05. The molecule has 0 aliphatic heterocycles. The number of aromatic nitrogens is 2. The highest BCUT2D eigenvalue weighted by atomic mass is 32.2. The number of rotatable bonds is 7. The van der Waals surface area contributed by atoms with E-state index in [0.717, 1.165) is 34.0 Å². The lowest BCUT2D eigenvalue weighted by molar-refractivity contribution is -0.141. The van der Waals surface area contributed by atoms with E-state index >= 15 is 0 Å². The SMILES string of the molecule is CCOCCOC(=O)CSc1ncnc2sc3c(c12)CCC(C)C3. The van der Waals surface area contributed by atoms with Gasteiger partial charge in [0.1, 0.15) is 22.8 Å². The van der Waals surface area contributed by atoms with Gasteiger partial charge in [-0.1, -0.05) is 18.7 Å². The molecule has 24 heavy (non-hydrogen) atoms. The first-order valence-corrected chi connectivity index (χ1v) is 10.1. The standard InChI is InChI=1S/C17H22N2O3S2/c1-3-21-6-7-22-14(20)9-23-16-15-12-5-4-11(2)8-13(12)24-17(15)19-10-18-16/h10-11H,3-9H2,1-2H3. The molecule has 0 aromatic carbocycles. The number of hydrogen-bond donors (Lipinski definition) is 0. The fraction of sp³-hybridized carbons (Fsp3) is 0.588. The molecular weight excluding hydrogens is 344 g/mol. The largest absolute Gasteiger partial charge is 0.463 e. The zero-order valence-corrected chi connectivity index (χ0v) is 15.7. The summed E-state index contributed by atoms with van der Waals surface area (Å²) >= 11 is 3.21. The first kappa shape index (κ1) is 17.6. The Morgan fingerprint density at radius 3 is 3.12 bits per heavy atom. The summed E-state index contributed by atoms with van der Waals surface area (Å²) in [5.41, 5.74) is 1.39. The zero-order chi connectivity index (χ0) is 16.9. The molecule has 1 unspecified atom stereocenters. The number of nitrogens with zero attached hydrogens (tertiary/aromatic N) is 2. The van der Waals surface area contributed by atoms with Crippen LogP contribution in [0.3, 0.4) is 0 Å². The Labute approximate surface area is 150 Å². The van der Waals surface area contributed by atoms with E-state index in [1.54, 1.807) is 17.7 Å². The van der Waals surface area contributed by atoms with E-state index < -0.39 is 0 Å². The van der Waals surface area contributed by atoms with E-state index in [9.17, 15) is 4.79 Å². The summed E-state index contributed by atoms with van der Waals surface area (Å²) in [4.78, 5) is 23.2. The Morgan fingerprint density at radius 2 is 2.29 bits per heavy atom. The molecule has 0 saturated carbocycles. The first-order chi connectivity index (χ1) is 11.7. The van der Waals surface area contributed by atoms with Crippen LogP contribution in [0.5, 0.6) is 0 Å². The molecule has 2 heterocycles. The van der Waals surface area contributed by atoms with Gasteiger partial charge in [-0.3, -0.25) is 4.79 Å². The maximum Gasteiger partial charge on any atom is 0.316 e. The van der Waals surface area contributed by atoms with Crippen LogP contribution in [0.1, 0.15) is 30.7 Å². The lowest BCUT2D eigenvalue weighted by atomic mass is 9.89. The van der Waals surface area contributed by atoms with Gasteiger partial charge in [-0.2, -0.15) is 0 Å². The fourth-order valence-corrected chi connectivity index (χ4v) is 5.12. The summed E-state index contributed by atoms with van der Waals surface area (Å²) in [5.74, 6) is 0.762. The summed E-state index contributed by atoms with van der Waals surface area (Å²) < 4.78 is 10.3. The lowest BCUT2D eigenvalue weighted by Crippen LogP contribution is -2.12. The number of hydrogen-bond acceptors (Lipinski definition) is 7. The second-order valence-electron chi connectivity index (χ2n) is 5.92. The molecule has 0 bridgehead atoms. The van der Waals surface area contributed by atoms with Crippen molar-refractivity contribution in [3.05, 3.63) is 16.8 Å². The number of thiophene rings is 1. The Kier molecular flexibility index (Phi) is 6.08. The highest BCUT2D eigenvalue weighted by Crippen LogP contribution is 2.40. The van der Waals surface area contributed by atoms with Crippen molar-refractivity contribution in [3.8, 4) is 0 Å². The molecule has 5 nitrogen and oxygen atoms in total. The summed E-state index contributed by atoms with van der Waals surface area (Å²) in [6.45, 7) is 5.60. The summed E-state index contributed by atoms with van der Waals surface area (Å²) in [6, 6.07) is 0. The third kappa shape index (κ3) is 4.07. The third-order valence-corrected chi connectivity index (χ3v) is 6.20. The Morgan fingerprint density at radius 1 is 1.42 bits per heavy atom. The van der Waals surface area contributed by atoms with Crippen LogP contribution in [0, 0.1) is 5.92 Å². The predicted octanol–water partition coefficient (Wildman–Crippen LogP) is 3.49. The number of thioether (sulfide) groups is 1. The van der Waals surface area contributed by atoms with Gasteiger partial charge in [0.2, 0.25) is 0 Å². The van der Waals surface area contributed by atoms with E-state index in [1.165, 1.54) is 28.6 Å². The summed E-state index contributed by atoms with van der Waals surface area (Å²) in [6.07, 6.45) is 5.00. The van der Waals surface area contributed by atoms with E-state index in [1.807, 2.05) is 6.92 Å². The van der Waals surface area contributed by atoms with Gasteiger partial charge < -0.3 is 9.47 Å². The van der Waals surface area contributed by atoms with Crippen molar-refractivity contribution in [2.24, 2.45) is 5.92 Å². The molecule has 7 heteroatoms. The Hall–Kier alpha value is -1.18. The molecule has 130 valence electrons. The number of carbonyl (C=O) groups excluding carboxylic acids is 1. The van der Waals surface area contributed by atoms with Crippen LogP contribution in [0.25, 0.3) is 10.2 Å². The average Bonchev–Trinajstić information content (AvgIpc) is 2.94. The molecule has 1 atom stereocenters. The van der Waals surface area contributed by atoms with Crippen molar-refractivity contribution >= 4 is 39.3 Å². The van der Waals surface area contributed by atoms with Crippen LogP contribution >= 0.6 is 23.1 Å². The van der Waals surface area contributed by atoms with Crippen molar-refractivity contribution in [1.82, 2.24) is 9.97 Å². The summed E-state index contributed by atoms with van der Waals surface area (Å²) in [7, 11) is 0. The van der Waals surface area contributed by atoms with Gasteiger partial charge in [0.05, 0.1) is 12.4 Å². The van der Waals surface area contributed by atoms with Gasteiger partial charge in [-0.15, -0.1) is 11.3 Å². The number of carbonyl (C=O) groups is 1. The van der Waals surface area contributed by atoms with Gasteiger partial charge in [0, 0.05) is 16.9 Å². The van der Waals surface area contributed by atoms with Crippen molar-refractivity contribution < 1.29 is 14.3 Å². The highest BCUT2D eigenvalue weighted by molar-refractivity contribution is 8.00. The normalized spacial score (nSPS) is 17.0. The molecule has 0 amide bonds. The quantitative estimate of drug-likeness (QED) is 0.323. The fourth-order valence-electron chi connectivity index (χ4n) is 2.88. The molecule has 0 radical (unpaired) electrons. The third-order valence-electron chi connectivity index (χ3n) is 4.08. The number of ether oxygens (including phenoxy) is 2. The molecule has 3 rings (SSSR count). The van der Waals surface area contributed by atoms with Gasteiger partial charge in [0.25, 0.3) is 0 Å². The predicted molar refractivity (Wildman–Crippen MR) is 96.8 cm³/mol. The molecule has 0 spiro atoms. The van der Waals surface area contributed by atoms with Gasteiger partial charge >= 0.3 is 5.97 Å². The van der Waals surface area contributed by atoms with Crippen molar-refractivity contribution in [1.29, 1.82) is 0 Å². The van der Waals surface area contributed by atoms with Crippen LogP contribution in [0.15, 0.2) is 11.4 Å². The van der Waals surface area contributed by atoms with Crippen LogP contribution < -0.4 is 0 Å². The van der Waals surface area contributed by atoms with E-state index in [0.29, 0.717) is 19.8 Å². The Balaban J connectivity index is 1.68. The minimum atomic E-state index is -0.232. The molecule has 0 fully saturated rings. The van der Waals surface area contributed by atoms with Gasteiger partial charge in [0.15, 0.2) is 0 Å². The second-order valence-corrected chi connectivity index (χ2v) is 7.96. The van der Waals surface area contributed by atoms with Gasteiger partial charge in [-0.25, -0.2) is 9.97 Å². The molecule has 2 aromatic heterocycles. The molecular formula is C17H22N2O3S2. The van der Waals surface area contributed by atoms with Crippen molar-refractivity contribution in [2.45, 2.75) is 38.1 Å². The second kappa shape index (κ2) is 8.27. The highest BCUT2D eigenvalue weighted by Gasteiger charge is 2.23. The topological polar surface area (TPSA) is 61.3 Å². The van der Waals surface area contributed by atoms with Gasteiger partial charge in [-0.05, 0) is 37.7 Å². The van der Waals surface area contributed by atoms with Crippen LogP contribution in [-0.4, -0.2) is 41.5 Å². The van der Waals surface area contributed by atoms with E-state index in [2.05, 4.69) is 16.9 Å². The smallest absolute Gasteiger partial charge is 0.316 e. The maximum absolute atomic E-state index is 11.8. The average molecular weight is 367 g/mol. The minimum Gasteiger partial charge on any atom is -0.463 e. The number of aryl methyl sites for hydroxylation is 1. The minimum absolute atomic E-state index is 0.232. The van der Waals surface area contributed by atoms with Crippen molar-refractivity contribution in [2.75, 3.05) is 25.6 Å². The molecule has 2 aromatic rings. The van der Waals surface area contributed by atoms with Crippen LogP contribution in [-0.2, 0) is 27.1 Å². The van der Waals surface area contributed by atoms with E-state index in [-0.39, 0.29) is 11.7 Å². The molecule has 1 aliphatic rings. The number of fused-ring (bicyclic) bond motifs is 3. The van der Waals surface area contributed by atoms with Crippen LogP contribution in [0.4, 0.5) is 0 Å². The molecule has 0 saturated heterocycles. The van der Waals surface area contributed by atoms with E-state index in [4.69, 9.17) is 9.47 Å². The zero-order valence-electron chi connectivity index (χ0n) is 14.0. The maximum atomic E-state index is 11.8.